The first kappa shape index (κ1) is 21.3. The Morgan fingerprint density at radius 1 is 1.24 bits per heavy atom. The molecule has 3 rings (SSSR count). The molecular weight excluding hydrogens is 398 g/mol. The smallest absolute Gasteiger partial charge is 0.293 e. The van der Waals surface area contributed by atoms with Gasteiger partial charge in [-0.3, -0.25) is 10.1 Å². The Bertz CT molecular complexity index is 993. The molecule has 1 fully saturated rings. The van der Waals surface area contributed by atoms with Crippen molar-refractivity contribution in [1.29, 1.82) is 0 Å². The van der Waals surface area contributed by atoms with Crippen LogP contribution >= 0.6 is 0 Å². The Labute approximate surface area is 169 Å². The van der Waals surface area contributed by atoms with Crippen LogP contribution in [0.3, 0.4) is 0 Å². The number of piperidine rings is 1. The lowest BCUT2D eigenvalue weighted by Crippen LogP contribution is -2.35. The van der Waals surface area contributed by atoms with E-state index in [1.807, 2.05) is 0 Å². The maximum absolute atomic E-state index is 12.8. The van der Waals surface area contributed by atoms with E-state index >= 15 is 0 Å². The van der Waals surface area contributed by atoms with E-state index in [9.17, 15) is 23.6 Å². The largest absolute Gasteiger partial charge is 0.463 e. The molecule has 9 nitrogen and oxygen atoms in total. The van der Waals surface area contributed by atoms with Crippen LogP contribution in [-0.2, 0) is 15.6 Å². The lowest BCUT2D eigenvalue weighted by atomic mass is 10.0. The van der Waals surface area contributed by atoms with Gasteiger partial charge in [0.1, 0.15) is 22.8 Å². The summed E-state index contributed by atoms with van der Waals surface area (Å²) in [5, 5.41) is 25.0. The van der Waals surface area contributed by atoms with Gasteiger partial charge in [-0.2, -0.15) is 4.31 Å². The third-order valence-corrected chi connectivity index (χ3v) is 6.91. The van der Waals surface area contributed by atoms with Crippen LogP contribution in [0.1, 0.15) is 37.7 Å². The standard InChI is InChI=1S/C19H25N3O6S/c1-14-6-9-18(28-14)19(2,23)13-20-16-8-7-15(12-17(16)22(24)25)29(26,27)21-10-4-3-5-11-21/h6-9,12,20,23H,3-5,10-11,13H2,1-2H3. The molecule has 158 valence electrons. The van der Waals surface area contributed by atoms with Crippen molar-refractivity contribution in [3.05, 3.63) is 52.0 Å². The number of aliphatic hydroxyl groups is 1. The van der Waals surface area contributed by atoms with Crippen LogP contribution in [0.2, 0.25) is 0 Å². The van der Waals surface area contributed by atoms with Crippen LogP contribution in [0.4, 0.5) is 11.4 Å². The fourth-order valence-electron chi connectivity index (χ4n) is 3.31. The molecule has 0 bridgehead atoms. The summed E-state index contributed by atoms with van der Waals surface area (Å²) in [6.07, 6.45) is 2.54. The fourth-order valence-corrected chi connectivity index (χ4v) is 4.84. The van der Waals surface area contributed by atoms with Crippen LogP contribution in [0.15, 0.2) is 39.6 Å². The van der Waals surface area contributed by atoms with Crippen molar-refractivity contribution < 1.29 is 22.9 Å². The molecule has 2 aromatic rings. The van der Waals surface area contributed by atoms with Crippen molar-refractivity contribution in [3.63, 3.8) is 0 Å². The summed E-state index contributed by atoms with van der Waals surface area (Å²) in [7, 11) is -3.78. The molecular formula is C19H25N3O6S. The Kier molecular flexibility index (Phi) is 5.97. The van der Waals surface area contributed by atoms with Crippen LogP contribution in [-0.4, -0.2) is 42.4 Å². The lowest BCUT2D eigenvalue weighted by Gasteiger charge is -2.26. The molecule has 0 radical (unpaired) electrons. The summed E-state index contributed by atoms with van der Waals surface area (Å²) in [6, 6.07) is 7.13. The molecule has 1 aliphatic heterocycles. The minimum absolute atomic E-state index is 0.0565. The summed E-state index contributed by atoms with van der Waals surface area (Å²) in [4.78, 5) is 10.8. The zero-order valence-electron chi connectivity index (χ0n) is 16.4. The number of nitro benzene ring substituents is 1. The van der Waals surface area contributed by atoms with Gasteiger partial charge < -0.3 is 14.8 Å². The van der Waals surface area contributed by atoms with Gasteiger partial charge in [0.2, 0.25) is 10.0 Å². The number of aryl methyl sites for hydroxylation is 1. The van der Waals surface area contributed by atoms with E-state index in [0.717, 1.165) is 25.3 Å². The van der Waals surface area contributed by atoms with Crippen molar-refractivity contribution in [3.8, 4) is 0 Å². The third-order valence-electron chi connectivity index (χ3n) is 5.01. The summed E-state index contributed by atoms with van der Waals surface area (Å²) in [5.74, 6) is 0.966. The first-order valence-corrected chi connectivity index (χ1v) is 10.9. The Morgan fingerprint density at radius 3 is 2.52 bits per heavy atom. The normalized spacial score (nSPS) is 17.6. The van der Waals surface area contributed by atoms with Crippen LogP contribution < -0.4 is 5.32 Å². The average molecular weight is 423 g/mol. The topological polar surface area (TPSA) is 126 Å². The van der Waals surface area contributed by atoms with Gasteiger partial charge in [-0.25, -0.2) is 8.42 Å². The molecule has 0 amide bonds. The summed E-state index contributed by atoms with van der Waals surface area (Å²) >= 11 is 0. The summed E-state index contributed by atoms with van der Waals surface area (Å²) in [5.41, 5.74) is -1.65. The zero-order chi connectivity index (χ0) is 21.2. The molecule has 1 unspecified atom stereocenters. The third kappa shape index (κ3) is 4.60. The highest BCUT2D eigenvalue weighted by Gasteiger charge is 2.30. The maximum Gasteiger partial charge on any atom is 0.293 e. The van der Waals surface area contributed by atoms with Gasteiger partial charge in [0.05, 0.1) is 16.4 Å². The minimum Gasteiger partial charge on any atom is -0.463 e. The van der Waals surface area contributed by atoms with E-state index in [4.69, 9.17) is 4.42 Å². The van der Waals surface area contributed by atoms with E-state index in [1.165, 1.54) is 23.4 Å². The number of hydrogen-bond acceptors (Lipinski definition) is 7. The molecule has 1 saturated heterocycles. The summed E-state index contributed by atoms with van der Waals surface area (Å²) < 4.78 is 32.4. The molecule has 2 heterocycles. The minimum atomic E-state index is -3.78. The SMILES string of the molecule is Cc1ccc(C(C)(O)CNc2ccc(S(=O)(=O)N3CCCCC3)cc2[N+](=O)[O-])o1. The van der Waals surface area contributed by atoms with Crippen molar-refractivity contribution in [2.45, 2.75) is 43.6 Å². The van der Waals surface area contributed by atoms with Gasteiger partial charge in [-0.05, 0) is 51.0 Å². The molecule has 1 aliphatic rings. The van der Waals surface area contributed by atoms with Gasteiger partial charge in [0, 0.05) is 19.2 Å². The Morgan fingerprint density at radius 2 is 1.93 bits per heavy atom. The molecule has 1 aromatic carbocycles. The van der Waals surface area contributed by atoms with E-state index in [2.05, 4.69) is 5.32 Å². The number of hydrogen-bond donors (Lipinski definition) is 2. The molecule has 1 atom stereocenters. The maximum atomic E-state index is 12.8. The number of nitro groups is 1. The van der Waals surface area contributed by atoms with E-state index in [0.29, 0.717) is 24.6 Å². The fraction of sp³-hybridized carbons (Fsp3) is 0.474. The van der Waals surface area contributed by atoms with Crippen molar-refractivity contribution in [1.82, 2.24) is 4.31 Å². The highest BCUT2D eigenvalue weighted by atomic mass is 32.2. The quantitative estimate of drug-likeness (QED) is 0.518. The number of benzene rings is 1. The van der Waals surface area contributed by atoms with Gasteiger partial charge in [0.15, 0.2) is 0 Å². The van der Waals surface area contributed by atoms with Crippen LogP contribution in [0, 0.1) is 17.0 Å². The second kappa shape index (κ2) is 8.13. The molecule has 0 spiro atoms. The number of nitrogens with zero attached hydrogens (tertiary/aromatic N) is 2. The Hall–Kier alpha value is -2.43. The highest BCUT2D eigenvalue weighted by Crippen LogP contribution is 2.31. The van der Waals surface area contributed by atoms with E-state index in [1.54, 1.807) is 19.1 Å². The predicted molar refractivity (Wildman–Crippen MR) is 107 cm³/mol. The number of furan rings is 1. The molecule has 0 aliphatic carbocycles. The first-order chi connectivity index (χ1) is 13.6. The monoisotopic (exact) mass is 423 g/mol. The molecule has 1 aromatic heterocycles. The van der Waals surface area contributed by atoms with Gasteiger partial charge >= 0.3 is 0 Å². The van der Waals surface area contributed by atoms with Crippen molar-refractivity contribution in [2.24, 2.45) is 0 Å². The van der Waals surface area contributed by atoms with Crippen molar-refractivity contribution >= 4 is 21.4 Å². The highest BCUT2D eigenvalue weighted by molar-refractivity contribution is 7.89. The van der Waals surface area contributed by atoms with E-state index in [-0.39, 0.29) is 22.8 Å². The van der Waals surface area contributed by atoms with Crippen molar-refractivity contribution in [2.75, 3.05) is 25.0 Å². The van der Waals surface area contributed by atoms with Crippen LogP contribution in [0.5, 0.6) is 0 Å². The first-order valence-electron chi connectivity index (χ1n) is 9.43. The van der Waals surface area contributed by atoms with Gasteiger partial charge in [-0.15, -0.1) is 0 Å². The zero-order valence-corrected chi connectivity index (χ0v) is 17.2. The number of anilines is 1. The predicted octanol–water partition coefficient (Wildman–Crippen LogP) is 2.99. The molecule has 10 heteroatoms. The summed E-state index contributed by atoms with van der Waals surface area (Å²) in [6.45, 7) is 4.06. The molecule has 2 N–H and O–H groups in total. The molecule has 0 saturated carbocycles. The van der Waals surface area contributed by atoms with E-state index < -0.39 is 20.5 Å². The second-order valence-electron chi connectivity index (χ2n) is 7.44. The molecule has 29 heavy (non-hydrogen) atoms. The second-order valence-corrected chi connectivity index (χ2v) is 9.38. The number of rotatable bonds is 7. The average Bonchev–Trinajstić information content (AvgIpc) is 3.14. The lowest BCUT2D eigenvalue weighted by molar-refractivity contribution is -0.384. The number of sulfonamides is 1. The van der Waals surface area contributed by atoms with Gasteiger partial charge in [0.25, 0.3) is 5.69 Å². The Balaban J connectivity index is 1.84. The van der Waals surface area contributed by atoms with Gasteiger partial charge in [-0.1, -0.05) is 6.42 Å². The number of nitrogens with one attached hydrogen (secondary N) is 1. The van der Waals surface area contributed by atoms with Crippen LogP contribution in [0.25, 0.3) is 0 Å².